The standard InChI is InChI=1S/C42H27NS.C38H25NS.C34H23NS/c1-3-12-31-27(9-1)11-7-16-32(31)29-19-22-30(23-20-29)43-40-26-25-35(34-14-5-6-15-36(34)40)37-17-8-18-38-39-24-21-28-10-2-4-13-33(28)41(39)44-42(37)38;1-2-8-28-22-30(13-12-25(28)6-1)29-9-5-10-33(23-29)39-32-18-14-26(15-19-32)31-17-21-37-36(24-31)35-20-16-27-7-3-4-11-34(27)38(35)40-37;1-2-6-23(7-3-1)24-10-16-28(17-11-24)35-29-18-12-25(13-19-29)27-15-21-33-32(22-27)31-20-14-26-8-4-5-9-30(26)34(31)36-33/h1-26,43H;1-24,39H;1-22,35H. The Morgan fingerprint density at radius 3 is 1.08 bits per heavy atom. The molecule has 3 heterocycles. The second kappa shape index (κ2) is 31.0. The van der Waals surface area contributed by atoms with Crippen molar-refractivity contribution in [1.82, 2.24) is 0 Å². The lowest BCUT2D eigenvalue weighted by Crippen LogP contribution is -1.93. The molecule has 0 unspecified atom stereocenters. The van der Waals surface area contributed by atoms with Crippen LogP contribution in [0.25, 0.3) is 192 Å². The molecule has 0 amide bonds. The molecule has 0 aliphatic rings. The maximum Gasteiger partial charge on any atom is 0.0464 e. The van der Waals surface area contributed by atoms with Gasteiger partial charge in [0.1, 0.15) is 0 Å². The lowest BCUT2D eigenvalue weighted by molar-refractivity contribution is 1.54. The molecule has 0 aliphatic heterocycles. The number of fused-ring (bicyclic) bond motifs is 18. The highest BCUT2D eigenvalue weighted by molar-refractivity contribution is 7.28. The van der Waals surface area contributed by atoms with Gasteiger partial charge in [-0.25, -0.2) is 0 Å². The summed E-state index contributed by atoms with van der Waals surface area (Å²) in [6.07, 6.45) is 0. The number of hydrogen-bond acceptors (Lipinski definition) is 6. The Hall–Kier alpha value is -14.8. The van der Waals surface area contributed by atoms with Gasteiger partial charge in [0.25, 0.3) is 0 Å². The van der Waals surface area contributed by atoms with Crippen LogP contribution in [0.15, 0.2) is 437 Å². The maximum atomic E-state index is 3.72. The topological polar surface area (TPSA) is 36.1 Å². The van der Waals surface area contributed by atoms with E-state index in [2.05, 4.69) is 447 Å². The molecular formula is C114H75N3S3. The predicted octanol–water partition coefficient (Wildman–Crippen LogP) is 34.3. The van der Waals surface area contributed by atoms with Gasteiger partial charge in [-0.1, -0.05) is 340 Å². The Labute approximate surface area is 707 Å². The molecule has 0 fully saturated rings. The summed E-state index contributed by atoms with van der Waals surface area (Å²) in [5, 5.41) is 34.3. The normalized spacial score (nSPS) is 11.5. The predicted molar refractivity (Wildman–Crippen MR) is 525 cm³/mol. The first kappa shape index (κ1) is 71.8. The van der Waals surface area contributed by atoms with E-state index in [1.807, 2.05) is 40.1 Å². The monoisotopic (exact) mass is 1580 g/mol. The first-order valence-corrected chi connectivity index (χ1v) is 43.3. The summed E-state index contributed by atoms with van der Waals surface area (Å²) in [4.78, 5) is 0. The van der Waals surface area contributed by atoms with Gasteiger partial charge in [0.2, 0.25) is 0 Å². The van der Waals surface area contributed by atoms with Gasteiger partial charge >= 0.3 is 0 Å². The summed E-state index contributed by atoms with van der Waals surface area (Å²) in [6, 6.07) is 158. The maximum absolute atomic E-state index is 3.72. The van der Waals surface area contributed by atoms with Crippen LogP contribution in [0.4, 0.5) is 34.1 Å². The minimum Gasteiger partial charge on any atom is -0.356 e. The molecule has 564 valence electrons. The first-order valence-electron chi connectivity index (χ1n) is 40.8. The van der Waals surface area contributed by atoms with Crippen molar-refractivity contribution >= 4 is 193 Å². The lowest BCUT2D eigenvalue weighted by Gasteiger charge is -2.15. The van der Waals surface area contributed by atoms with Crippen molar-refractivity contribution in [2.75, 3.05) is 16.0 Å². The molecule has 0 aliphatic carbocycles. The van der Waals surface area contributed by atoms with E-state index in [0.29, 0.717) is 0 Å². The fourth-order valence-corrected chi connectivity index (χ4v) is 21.3. The molecule has 24 aromatic rings. The molecule has 0 saturated heterocycles. The van der Waals surface area contributed by atoms with Gasteiger partial charge in [0.05, 0.1) is 0 Å². The average molecular weight is 1580 g/mol. The first-order chi connectivity index (χ1) is 59.4. The fourth-order valence-electron chi connectivity index (χ4n) is 17.5. The summed E-state index contributed by atoms with van der Waals surface area (Å²) >= 11 is 5.69. The van der Waals surface area contributed by atoms with Crippen LogP contribution in [0.1, 0.15) is 0 Å². The quantitative estimate of drug-likeness (QED) is 0.114. The van der Waals surface area contributed by atoms with Gasteiger partial charge in [-0.2, -0.15) is 0 Å². The molecule has 3 nitrogen and oxygen atoms in total. The summed E-state index contributed by atoms with van der Waals surface area (Å²) < 4.78 is 8.12. The zero-order valence-corrected chi connectivity index (χ0v) is 67.7. The van der Waals surface area contributed by atoms with Gasteiger partial charge < -0.3 is 16.0 Å². The molecule has 0 radical (unpaired) electrons. The van der Waals surface area contributed by atoms with E-state index in [-0.39, 0.29) is 0 Å². The minimum atomic E-state index is 1.07. The van der Waals surface area contributed by atoms with Crippen molar-refractivity contribution < 1.29 is 0 Å². The zero-order valence-electron chi connectivity index (χ0n) is 65.3. The van der Waals surface area contributed by atoms with Crippen molar-refractivity contribution in [3.05, 3.63) is 437 Å². The summed E-state index contributed by atoms with van der Waals surface area (Å²) in [7, 11) is 0. The Morgan fingerprint density at radius 2 is 0.500 bits per heavy atom. The summed E-state index contributed by atoms with van der Waals surface area (Å²) in [5.74, 6) is 0. The molecule has 6 heteroatoms. The number of thiophene rings is 3. The molecule has 3 aromatic heterocycles. The van der Waals surface area contributed by atoms with Crippen molar-refractivity contribution in [2.45, 2.75) is 0 Å². The Balaban J connectivity index is 0.000000109. The van der Waals surface area contributed by atoms with Gasteiger partial charge in [-0.15, -0.1) is 34.0 Å². The number of rotatable bonds is 12. The molecule has 21 aromatic carbocycles. The van der Waals surface area contributed by atoms with Crippen LogP contribution >= 0.6 is 34.0 Å². The highest BCUT2D eigenvalue weighted by atomic mass is 32.1. The van der Waals surface area contributed by atoms with E-state index in [1.54, 1.807) is 0 Å². The van der Waals surface area contributed by atoms with E-state index in [4.69, 9.17) is 0 Å². The van der Waals surface area contributed by atoms with Gasteiger partial charge in [0, 0.05) is 106 Å². The van der Waals surface area contributed by atoms with Crippen molar-refractivity contribution in [1.29, 1.82) is 0 Å². The van der Waals surface area contributed by atoms with E-state index in [0.717, 1.165) is 34.1 Å². The van der Waals surface area contributed by atoms with E-state index < -0.39 is 0 Å². The molecule has 0 bridgehead atoms. The zero-order chi connectivity index (χ0) is 79.4. The van der Waals surface area contributed by atoms with Gasteiger partial charge in [-0.3, -0.25) is 0 Å². The molecule has 3 N–H and O–H groups in total. The Kier molecular flexibility index (Phi) is 18.6. The summed E-state index contributed by atoms with van der Waals surface area (Å²) in [6.45, 7) is 0. The molecule has 120 heavy (non-hydrogen) atoms. The number of anilines is 6. The minimum absolute atomic E-state index is 1.07. The SMILES string of the molecule is c1cc(Nc2ccc(-c3ccc4sc5c6ccccc6ccc5c4c3)cc2)cc(-c2ccc3ccccc3c2)c1.c1ccc(-c2ccc(Nc3ccc(-c4ccc5sc6c7ccccc7ccc6c5c4)cc3)cc2)cc1.c1ccc2c(-c3ccc(Nc4ccc(-c5cccc6c5sc5c7ccccc7ccc65)c5ccccc45)cc3)cccc2c1. The van der Waals surface area contributed by atoms with Crippen LogP contribution in [-0.4, -0.2) is 0 Å². The van der Waals surface area contributed by atoms with Crippen molar-refractivity contribution in [2.24, 2.45) is 0 Å². The van der Waals surface area contributed by atoms with Crippen LogP contribution in [-0.2, 0) is 0 Å². The largest absolute Gasteiger partial charge is 0.356 e. The molecule has 0 saturated carbocycles. The number of hydrogen-bond donors (Lipinski definition) is 3. The third-order valence-electron chi connectivity index (χ3n) is 23.5. The van der Waals surface area contributed by atoms with Crippen molar-refractivity contribution in [3.63, 3.8) is 0 Å². The molecule has 0 atom stereocenters. The van der Waals surface area contributed by atoms with Crippen LogP contribution < -0.4 is 16.0 Å². The van der Waals surface area contributed by atoms with Crippen LogP contribution in [0.2, 0.25) is 0 Å². The Morgan fingerprint density at radius 1 is 0.142 bits per heavy atom. The van der Waals surface area contributed by atoms with E-state index in [9.17, 15) is 0 Å². The van der Waals surface area contributed by atoms with Crippen LogP contribution in [0, 0.1) is 0 Å². The van der Waals surface area contributed by atoms with Gasteiger partial charge in [0.15, 0.2) is 0 Å². The van der Waals surface area contributed by atoms with Crippen LogP contribution in [0.5, 0.6) is 0 Å². The van der Waals surface area contributed by atoms with Crippen molar-refractivity contribution in [3.8, 4) is 66.8 Å². The highest BCUT2D eigenvalue weighted by Crippen LogP contribution is 2.47. The third-order valence-corrected chi connectivity index (χ3v) is 27.3. The second-order valence-corrected chi connectivity index (χ2v) is 34.0. The van der Waals surface area contributed by atoms with Crippen LogP contribution in [0.3, 0.4) is 0 Å². The Bertz CT molecular complexity index is 8040. The molecule has 24 rings (SSSR count). The average Bonchev–Trinajstić information content (AvgIpc) is 1.58. The lowest BCUT2D eigenvalue weighted by atomic mass is 9.95. The molecule has 0 spiro atoms. The number of nitrogens with one attached hydrogen (secondary N) is 3. The summed E-state index contributed by atoms with van der Waals surface area (Å²) in [5.41, 5.74) is 21.3. The third kappa shape index (κ3) is 13.7. The highest BCUT2D eigenvalue weighted by Gasteiger charge is 2.18. The smallest absolute Gasteiger partial charge is 0.0464 e. The second-order valence-electron chi connectivity index (χ2n) is 30.8. The molecular weight excluding hydrogens is 1510 g/mol. The van der Waals surface area contributed by atoms with Gasteiger partial charge in [-0.05, 0) is 218 Å². The van der Waals surface area contributed by atoms with E-state index in [1.165, 1.54) is 192 Å². The van der Waals surface area contributed by atoms with E-state index >= 15 is 0 Å². The number of benzene rings is 21. The fraction of sp³-hybridized carbons (Fsp3) is 0.